The Bertz CT molecular complexity index is 1150. The number of fused-ring (bicyclic) bond motifs is 1. The van der Waals surface area contributed by atoms with Gasteiger partial charge in [-0.3, -0.25) is 14.5 Å². The van der Waals surface area contributed by atoms with Crippen molar-refractivity contribution in [1.82, 2.24) is 19.7 Å². The molecule has 1 unspecified atom stereocenters. The van der Waals surface area contributed by atoms with Gasteiger partial charge in [0.15, 0.2) is 5.78 Å². The van der Waals surface area contributed by atoms with Gasteiger partial charge >= 0.3 is 0 Å². The van der Waals surface area contributed by atoms with Gasteiger partial charge in [0.25, 0.3) is 0 Å². The highest BCUT2D eigenvalue weighted by atomic mass is 32.1. The van der Waals surface area contributed by atoms with Gasteiger partial charge in [0, 0.05) is 63.4 Å². The van der Waals surface area contributed by atoms with E-state index in [0.717, 1.165) is 67.0 Å². The summed E-state index contributed by atoms with van der Waals surface area (Å²) in [7, 11) is 4.05. The molecule has 32 heavy (non-hydrogen) atoms. The van der Waals surface area contributed by atoms with E-state index in [1.165, 1.54) is 16.9 Å². The van der Waals surface area contributed by atoms with Gasteiger partial charge in [0.1, 0.15) is 5.82 Å². The number of aromatic nitrogens is 3. The molecule has 8 nitrogen and oxygen atoms in total. The van der Waals surface area contributed by atoms with Crippen LogP contribution in [-0.2, 0) is 13.5 Å². The van der Waals surface area contributed by atoms with E-state index in [9.17, 15) is 4.79 Å². The molecule has 5 rings (SSSR count). The van der Waals surface area contributed by atoms with Crippen LogP contribution in [0.1, 0.15) is 46.7 Å². The second kappa shape index (κ2) is 8.46. The summed E-state index contributed by atoms with van der Waals surface area (Å²) in [5, 5.41) is 5.00. The normalized spacial score (nSPS) is 20.5. The number of nitrogens with two attached hydrogens (primary N) is 2. The molecule has 2 aliphatic heterocycles. The monoisotopic (exact) mass is 453 g/mol. The molecule has 2 aliphatic rings. The number of hydrogen-bond donors (Lipinski definition) is 2. The number of aryl methyl sites for hydroxylation is 1. The topological polar surface area (TPSA) is 106 Å². The number of pyridine rings is 1. The third-order valence-corrected chi connectivity index (χ3v) is 7.75. The summed E-state index contributed by atoms with van der Waals surface area (Å²) < 4.78 is 2.86. The summed E-state index contributed by atoms with van der Waals surface area (Å²) in [6.45, 7) is 3.90. The predicted octanol–water partition coefficient (Wildman–Crippen LogP) is 2.38. The predicted molar refractivity (Wildman–Crippen MR) is 130 cm³/mol. The Morgan fingerprint density at radius 1 is 1.22 bits per heavy atom. The molecule has 5 heterocycles. The number of carbonyl (C=O) groups excluding carboxylic acids is 1. The quantitative estimate of drug-likeness (QED) is 0.571. The van der Waals surface area contributed by atoms with Gasteiger partial charge in [0.05, 0.1) is 27.0 Å². The molecule has 3 aromatic rings. The van der Waals surface area contributed by atoms with Crippen LogP contribution in [-0.4, -0.2) is 64.7 Å². The van der Waals surface area contributed by atoms with Gasteiger partial charge in [-0.15, -0.1) is 11.3 Å². The molecule has 9 heteroatoms. The summed E-state index contributed by atoms with van der Waals surface area (Å²) >= 11 is 1.46. The van der Waals surface area contributed by atoms with Crippen molar-refractivity contribution >= 4 is 38.2 Å². The van der Waals surface area contributed by atoms with Crippen molar-refractivity contribution in [2.75, 3.05) is 43.9 Å². The van der Waals surface area contributed by atoms with Gasteiger partial charge in [-0.05, 0) is 37.9 Å². The van der Waals surface area contributed by atoms with Crippen molar-refractivity contribution in [3.63, 3.8) is 0 Å². The van der Waals surface area contributed by atoms with Gasteiger partial charge in [-0.25, -0.2) is 0 Å². The molecule has 0 bridgehead atoms. The minimum Gasteiger partial charge on any atom is -0.390 e. The fraction of sp³-hybridized carbons (Fsp3) is 0.522. The zero-order chi connectivity index (χ0) is 22.4. The summed E-state index contributed by atoms with van der Waals surface area (Å²) in [4.78, 5) is 22.7. The number of nitrogens with zero attached hydrogens (tertiary/aromatic N) is 5. The molecule has 0 aliphatic carbocycles. The molecule has 0 radical (unpaired) electrons. The number of likely N-dealkylation sites (N-methyl/N-ethyl adjacent to an activating group) is 1. The lowest BCUT2D eigenvalue weighted by Crippen LogP contribution is -2.41. The number of anilines is 2. The largest absolute Gasteiger partial charge is 0.390 e. The lowest BCUT2D eigenvalue weighted by atomic mass is 9.93. The molecular weight excluding hydrogens is 422 g/mol. The Kier molecular flexibility index (Phi) is 5.65. The van der Waals surface area contributed by atoms with Crippen LogP contribution in [0.15, 0.2) is 18.5 Å². The Morgan fingerprint density at radius 2 is 2.03 bits per heavy atom. The van der Waals surface area contributed by atoms with E-state index in [1.54, 1.807) is 6.20 Å². The first-order valence-corrected chi connectivity index (χ1v) is 12.1. The summed E-state index contributed by atoms with van der Waals surface area (Å²) in [5.74, 6) is 1.52. The highest BCUT2D eigenvalue weighted by Gasteiger charge is 2.28. The van der Waals surface area contributed by atoms with Crippen molar-refractivity contribution in [3.8, 4) is 0 Å². The number of hydrogen-bond acceptors (Lipinski definition) is 8. The first-order chi connectivity index (χ1) is 15.4. The molecule has 2 fully saturated rings. The Balaban J connectivity index is 1.40. The molecule has 0 aromatic carbocycles. The van der Waals surface area contributed by atoms with Crippen molar-refractivity contribution in [3.05, 3.63) is 35.2 Å². The standard InChI is InChI=1S/C23H31N7OS/c1-28-12-16(13-28)14-9-19-21(26-10-14)20(22(25)32-19)18(31)8-15-11-27-29(2)23(15)30-6-3-4-17(24)5-7-30/h9-11,16-17H,3-8,12-13,24-25H2,1-2H3. The van der Waals surface area contributed by atoms with Gasteiger partial charge in [-0.1, -0.05) is 0 Å². The molecule has 2 saturated heterocycles. The SMILES string of the molecule is CN1CC(c2cnc3c(C(=O)Cc4cnn(C)c4N4CCCC(N)CC4)c(N)sc3c2)C1. The summed E-state index contributed by atoms with van der Waals surface area (Å²) in [5.41, 5.74) is 15.9. The average Bonchev–Trinajstić information content (AvgIpc) is 3.17. The van der Waals surface area contributed by atoms with E-state index < -0.39 is 0 Å². The highest BCUT2D eigenvalue weighted by molar-refractivity contribution is 7.23. The van der Waals surface area contributed by atoms with Gasteiger partial charge < -0.3 is 21.3 Å². The Morgan fingerprint density at radius 3 is 2.81 bits per heavy atom. The lowest BCUT2D eigenvalue weighted by Gasteiger charge is -2.36. The maximum absolute atomic E-state index is 13.4. The molecule has 1 atom stereocenters. The number of likely N-dealkylation sites (tertiary alicyclic amines) is 1. The number of nitrogen functional groups attached to an aromatic ring is 1. The fourth-order valence-electron chi connectivity index (χ4n) is 5.02. The fourth-order valence-corrected chi connectivity index (χ4v) is 6.01. The maximum Gasteiger partial charge on any atom is 0.172 e. The van der Waals surface area contributed by atoms with E-state index in [-0.39, 0.29) is 18.2 Å². The van der Waals surface area contributed by atoms with Crippen LogP contribution in [0.3, 0.4) is 0 Å². The van der Waals surface area contributed by atoms with E-state index in [2.05, 4.69) is 33.0 Å². The van der Waals surface area contributed by atoms with Crippen LogP contribution >= 0.6 is 11.3 Å². The molecule has 4 N–H and O–H groups in total. The number of ketones is 1. The van der Waals surface area contributed by atoms with Crippen molar-refractivity contribution in [1.29, 1.82) is 0 Å². The summed E-state index contributed by atoms with van der Waals surface area (Å²) in [6.07, 6.45) is 7.01. The van der Waals surface area contributed by atoms with E-state index in [1.807, 2.05) is 17.9 Å². The molecule has 0 saturated carbocycles. The second-order valence-corrected chi connectivity index (χ2v) is 10.4. The van der Waals surface area contributed by atoms with Crippen molar-refractivity contribution < 1.29 is 4.79 Å². The third kappa shape index (κ3) is 3.89. The van der Waals surface area contributed by atoms with Crippen molar-refractivity contribution in [2.45, 2.75) is 37.6 Å². The number of thiophene rings is 1. The molecule has 170 valence electrons. The van der Waals surface area contributed by atoms with Crippen LogP contribution in [0.2, 0.25) is 0 Å². The molecule has 0 amide bonds. The number of carbonyl (C=O) groups is 1. The van der Waals surface area contributed by atoms with E-state index in [0.29, 0.717) is 16.5 Å². The van der Waals surface area contributed by atoms with Crippen LogP contribution < -0.4 is 16.4 Å². The zero-order valence-electron chi connectivity index (χ0n) is 18.8. The molecule has 0 spiro atoms. The Hall–Kier alpha value is -2.49. The smallest absolute Gasteiger partial charge is 0.172 e. The average molecular weight is 454 g/mol. The van der Waals surface area contributed by atoms with E-state index >= 15 is 0 Å². The van der Waals surface area contributed by atoms with Gasteiger partial charge in [-0.2, -0.15) is 5.10 Å². The van der Waals surface area contributed by atoms with E-state index in [4.69, 9.17) is 11.5 Å². The molecule has 3 aromatic heterocycles. The minimum absolute atomic E-state index is 0.00171. The summed E-state index contributed by atoms with van der Waals surface area (Å²) in [6, 6.07) is 2.40. The van der Waals surface area contributed by atoms with Gasteiger partial charge in [0.2, 0.25) is 0 Å². The van der Waals surface area contributed by atoms with Crippen LogP contribution in [0.5, 0.6) is 0 Å². The van der Waals surface area contributed by atoms with Crippen LogP contribution in [0.4, 0.5) is 10.8 Å². The first-order valence-electron chi connectivity index (χ1n) is 11.3. The highest BCUT2D eigenvalue weighted by Crippen LogP contribution is 2.36. The lowest BCUT2D eigenvalue weighted by molar-refractivity contribution is 0.0995. The Labute approximate surface area is 192 Å². The number of rotatable bonds is 5. The van der Waals surface area contributed by atoms with Crippen molar-refractivity contribution in [2.24, 2.45) is 12.8 Å². The first kappa shape index (κ1) is 21.4. The zero-order valence-corrected chi connectivity index (χ0v) is 19.6. The number of Topliss-reactive ketones (excluding diaryl/α,β-unsaturated/α-hetero) is 1. The maximum atomic E-state index is 13.4. The van der Waals surface area contributed by atoms with Crippen LogP contribution in [0, 0.1) is 0 Å². The van der Waals surface area contributed by atoms with Crippen LogP contribution in [0.25, 0.3) is 10.2 Å². The third-order valence-electron chi connectivity index (χ3n) is 6.80. The second-order valence-electron chi connectivity index (χ2n) is 9.27. The minimum atomic E-state index is -0.00171. The molecular formula is C23H31N7OS.